The molecular weight excluding hydrogens is 647 g/mol. The molecule has 2 fully saturated rings. The average molecular weight is 683 g/mol. The minimum absolute atomic E-state index is 0.000511. The summed E-state index contributed by atoms with van der Waals surface area (Å²) in [5.74, 6) is -1.12. The molecule has 4 aromatic carbocycles. The lowest BCUT2D eigenvalue weighted by molar-refractivity contribution is -0.137. The van der Waals surface area contributed by atoms with Crippen molar-refractivity contribution >= 4 is 15.9 Å². The number of piperidine rings is 1. The Hall–Kier alpha value is -4.09. The van der Waals surface area contributed by atoms with Crippen LogP contribution in [0.15, 0.2) is 102 Å². The van der Waals surface area contributed by atoms with Crippen LogP contribution in [0.5, 0.6) is 0 Å². The maximum atomic E-state index is 14.3. The van der Waals surface area contributed by atoms with E-state index < -0.39 is 27.8 Å². The molecule has 0 unspecified atom stereocenters. The summed E-state index contributed by atoms with van der Waals surface area (Å²) in [7, 11) is -4.20. The summed E-state index contributed by atoms with van der Waals surface area (Å²) in [5, 5.41) is 0. The number of halogens is 5. The van der Waals surface area contributed by atoms with Crippen molar-refractivity contribution in [2.45, 2.75) is 67.6 Å². The number of amides is 1. The second-order valence-corrected chi connectivity index (χ2v) is 14.2. The summed E-state index contributed by atoms with van der Waals surface area (Å²) < 4.78 is 99.1. The second-order valence-electron chi connectivity index (χ2n) is 12.4. The van der Waals surface area contributed by atoms with Crippen molar-refractivity contribution in [3.63, 3.8) is 0 Å². The van der Waals surface area contributed by atoms with E-state index in [4.69, 9.17) is 0 Å². The number of likely N-dealkylation sites (tertiary alicyclic amines) is 1. The van der Waals surface area contributed by atoms with E-state index >= 15 is 0 Å². The molecule has 6 rings (SSSR count). The van der Waals surface area contributed by atoms with Gasteiger partial charge in [-0.25, -0.2) is 17.2 Å². The van der Waals surface area contributed by atoms with Gasteiger partial charge in [0.2, 0.25) is 15.9 Å². The third-order valence-corrected chi connectivity index (χ3v) is 11.3. The standard InChI is InChI=1S/C37H35F5N2O3S/c38-27-13-9-25(10-14-27)31(26-11-15-28(39)16-12-26)19-20-36(45)43-23-21-30(22-24-43)44(29-17-18-29)48(46,47)35-8-4-2-6-33(35)32-5-1-3-7-34(32)37(40,41)42/h1-16,29-31H,17-24H2. The number of benzene rings is 4. The molecule has 11 heteroatoms. The number of nitrogens with zero attached hydrogens (tertiary/aromatic N) is 2. The highest BCUT2D eigenvalue weighted by Crippen LogP contribution is 2.43. The third kappa shape index (κ3) is 7.32. The Labute approximate surface area is 277 Å². The molecule has 1 saturated heterocycles. The Bertz CT molecular complexity index is 1810. The van der Waals surface area contributed by atoms with E-state index in [1.54, 1.807) is 29.2 Å². The predicted molar refractivity (Wildman–Crippen MR) is 172 cm³/mol. The Morgan fingerprint density at radius 2 is 1.23 bits per heavy atom. The number of alkyl halides is 3. The van der Waals surface area contributed by atoms with E-state index in [2.05, 4.69) is 0 Å². The molecule has 0 radical (unpaired) electrons. The van der Waals surface area contributed by atoms with Crippen LogP contribution in [0.3, 0.4) is 0 Å². The molecule has 1 amide bonds. The van der Waals surface area contributed by atoms with Crippen LogP contribution >= 0.6 is 0 Å². The number of rotatable bonds is 10. The fourth-order valence-electron chi connectivity index (χ4n) is 6.72. The van der Waals surface area contributed by atoms with Crippen molar-refractivity contribution in [1.82, 2.24) is 9.21 Å². The monoisotopic (exact) mass is 682 g/mol. The van der Waals surface area contributed by atoms with Gasteiger partial charge in [-0.1, -0.05) is 60.7 Å². The Morgan fingerprint density at radius 3 is 1.77 bits per heavy atom. The Kier molecular flexibility index (Phi) is 9.71. The highest BCUT2D eigenvalue weighted by molar-refractivity contribution is 7.89. The van der Waals surface area contributed by atoms with Gasteiger partial charge >= 0.3 is 6.18 Å². The van der Waals surface area contributed by atoms with Crippen molar-refractivity contribution in [3.8, 4) is 11.1 Å². The van der Waals surface area contributed by atoms with Crippen molar-refractivity contribution in [3.05, 3.63) is 125 Å². The lowest BCUT2D eigenvalue weighted by atomic mass is 9.87. The molecule has 0 spiro atoms. The zero-order valence-corrected chi connectivity index (χ0v) is 26.9. The zero-order chi connectivity index (χ0) is 34.1. The normalized spacial score (nSPS) is 16.1. The summed E-state index contributed by atoms with van der Waals surface area (Å²) in [6.45, 7) is 0.664. The van der Waals surface area contributed by atoms with Gasteiger partial charge in [0.05, 0.1) is 10.5 Å². The Balaban J connectivity index is 1.17. The van der Waals surface area contributed by atoms with E-state index in [1.165, 1.54) is 71.0 Å². The molecule has 1 heterocycles. The van der Waals surface area contributed by atoms with Gasteiger partial charge in [0, 0.05) is 43.1 Å². The molecule has 0 aromatic heterocycles. The van der Waals surface area contributed by atoms with Crippen molar-refractivity contribution in [2.75, 3.05) is 13.1 Å². The first-order valence-corrected chi connectivity index (χ1v) is 17.5. The third-order valence-electron chi connectivity index (χ3n) is 9.24. The van der Waals surface area contributed by atoms with Crippen LogP contribution in [-0.2, 0) is 21.0 Å². The SMILES string of the molecule is O=C(CCC(c1ccc(F)cc1)c1ccc(F)cc1)N1CCC(N(C2CC2)S(=O)(=O)c2ccccc2-c2ccccc2C(F)(F)F)CC1. The second kappa shape index (κ2) is 13.8. The number of hydrogen-bond acceptors (Lipinski definition) is 3. The van der Waals surface area contributed by atoms with Crippen molar-refractivity contribution in [1.29, 1.82) is 0 Å². The molecule has 5 nitrogen and oxygen atoms in total. The first-order chi connectivity index (χ1) is 22.9. The number of sulfonamides is 1. The van der Waals surface area contributed by atoms with E-state index in [-0.39, 0.29) is 51.9 Å². The van der Waals surface area contributed by atoms with Gasteiger partial charge in [0.15, 0.2) is 0 Å². The highest BCUT2D eigenvalue weighted by Gasteiger charge is 2.45. The fourth-order valence-corrected chi connectivity index (χ4v) is 8.86. The van der Waals surface area contributed by atoms with Crippen LogP contribution in [0.4, 0.5) is 22.0 Å². The smallest absolute Gasteiger partial charge is 0.343 e. The van der Waals surface area contributed by atoms with Crippen LogP contribution in [0.1, 0.15) is 61.1 Å². The number of hydrogen-bond donors (Lipinski definition) is 0. The molecule has 1 aliphatic carbocycles. The molecule has 252 valence electrons. The van der Waals surface area contributed by atoms with Crippen molar-refractivity contribution in [2.24, 2.45) is 0 Å². The van der Waals surface area contributed by atoms with Crippen molar-refractivity contribution < 1.29 is 35.2 Å². The molecule has 1 aliphatic heterocycles. The van der Waals surface area contributed by atoms with E-state index in [0.717, 1.165) is 17.2 Å². The van der Waals surface area contributed by atoms with Crippen LogP contribution in [-0.4, -0.2) is 48.7 Å². The first-order valence-electron chi connectivity index (χ1n) is 16.0. The summed E-state index contributed by atoms with van der Waals surface area (Å²) >= 11 is 0. The van der Waals surface area contributed by atoms with Gasteiger partial charge in [-0.3, -0.25) is 4.79 Å². The topological polar surface area (TPSA) is 57.7 Å². The first kappa shape index (κ1) is 33.8. The molecule has 1 saturated carbocycles. The minimum atomic E-state index is -4.67. The maximum absolute atomic E-state index is 14.3. The fraction of sp³-hybridized carbons (Fsp3) is 0.324. The molecule has 0 N–H and O–H groups in total. The summed E-state index contributed by atoms with van der Waals surface area (Å²) in [6, 6.07) is 22.2. The molecule has 4 aromatic rings. The number of carbonyl (C=O) groups is 1. The summed E-state index contributed by atoms with van der Waals surface area (Å²) in [6.07, 6.45) is -1.97. The van der Waals surface area contributed by atoms with Gasteiger partial charge in [-0.2, -0.15) is 17.5 Å². The summed E-state index contributed by atoms with van der Waals surface area (Å²) in [4.78, 5) is 15.0. The van der Waals surface area contributed by atoms with Crippen LogP contribution in [0, 0.1) is 11.6 Å². The molecule has 0 atom stereocenters. The largest absolute Gasteiger partial charge is 0.417 e. The molecule has 2 aliphatic rings. The maximum Gasteiger partial charge on any atom is 0.417 e. The Morgan fingerprint density at radius 1 is 0.729 bits per heavy atom. The lowest BCUT2D eigenvalue weighted by Gasteiger charge is -2.38. The van der Waals surface area contributed by atoms with Crippen LogP contribution in [0.2, 0.25) is 0 Å². The summed E-state index contributed by atoms with van der Waals surface area (Å²) in [5.41, 5.74) is 0.509. The highest BCUT2D eigenvalue weighted by atomic mass is 32.2. The zero-order valence-electron chi connectivity index (χ0n) is 26.0. The molecule has 0 bridgehead atoms. The molecular formula is C37H35F5N2O3S. The minimum Gasteiger partial charge on any atom is -0.343 e. The van der Waals surface area contributed by atoms with Gasteiger partial charge in [0.1, 0.15) is 11.6 Å². The van der Waals surface area contributed by atoms with Gasteiger partial charge in [-0.15, -0.1) is 0 Å². The van der Waals surface area contributed by atoms with E-state index in [0.29, 0.717) is 45.2 Å². The van der Waals surface area contributed by atoms with E-state index in [9.17, 15) is 35.2 Å². The average Bonchev–Trinajstić information content (AvgIpc) is 3.91. The lowest BCUT2D eigenvalue weighted by Crippen LogP contribution is -2.49. The molecule has 48 heavy (non-hydrogen) atoms. The van der Waals surface area contributed by atoms with Gasteiger partial charge in [-0.05, 0) is 85.2 Å². The quantitative estimate of drug-likeness (QED) is 0.158. The van der Waals surface area contributed by atoms with E-state index in [1.807, 2.05) is 0 Å². The van der Waals surface area contributed by atoms with Gasteiger partial charge < -0.3 is 4.90 Å². The predicted octanol–water partition coefficient (Wildman–Crippen LogP) is 8.41. The van der Waals surface area contributed by atoms with Crippen LogP contribution in [0.25, 0.3) is 11.1 Å². The van der Waals surface area contributed by atoms with Gasteiger partial charge in [0.25, 0.3) is 0 Å². The number of carbonyl (C=O) groups excluding carboxylic acids is 1. The van der Waals surface area contributed by atoms with Crippen LogP contribution < -0.4 is 0 Å².